The molecule has 1 aromatic rings. The first kappa shape index (κ1) is 11.6. The van der Waals surface area contributed by atoms with E-state index < -0.39 is 15.7 Å². The summed E-state index contributed by atoms with van der Waals surface area (Å²) in [4.78, 5) is 14.6. The molecule has 1 amide bonds. The summed E-state index contributed by atoms with van der Waals surface area (Å²) in [5, 5.41) is 0. The Morgan fingerprint density at radius 1 is 1.47 bits per heavy atom. The second-order valence-corrected chi connectivity index (χ2v) is 5.24. The SMILES string of the molecule is CS(=O)(=O)c1ccc(CCC(N)=O)nc1. The monoisotopic (exact) mass is 228 g/mol. The van der Waals surface area contributed by atoms with Gasteiger partial charge in [-0.15, -0.1) is 0 Å². The van der Waals surface area contributed by atoms with Crippen molar-refractivity contribution in [3.05, 3.63) is 24.0 Å². The molecule has 15 heavy (non-hydrogen) atoms. The number of pyridine rings is 1. The second-order valence-electron chi connectivity index (χ2n) is 3.22. The van der Waals surface area contributed by atoms with Crippen LogP contribution in [0.4, 0.5) is 0 Å². The zero-order valence-corrected chi connectivity index (χ0v) is 9.12. The van der Waals surface area contributed by atoms with E-state index in [0.717, 1.165) is 6.26 Å². The van der Waals surface area contributed by atoms with Crippen LogP contribution in [0.5, 0.6) is 0 Å². The summed E-state index contributed by atoms with van der Waals surface area (Å²) >= 11 is 0. The number of aromatic nitrogens is 1. The first-order chi connectivity index (χ1) is 6.89. The third-order valence-corrected chi connectivity index (χ3v) is 2.95. The highest BCUT2D eigenvalue weighted by atomic mass is 32.2. The third-order valence-electron chi connectivity index (χ3n) is 1.85. The summed E-state index contributed by atoms with van der Waals surface area (Å²) in [5.41, 5.74) is 5.63. The molecule has 5 nitrogen and oxygen atoms in total. The Bertz CT molecular complexity index is 451. The highest BCUT2D eigenvalue weighted by Gasteiger charge is 2.07. The van der Waals surface area contributed by atoms with Gasteiger partial charge in [0.05, 0.1) is 4.90 Å². The van der Waals surface area contributed by atoms with Gasteiger partial charge in [-0.1, -0.05) is 0 Å². The first-order valence-electron chi connectivity index (χ1n) is 4.33. The molecular weight excluding hydrogens is 216 g/mol. The number of nitrogens with zero attached hydrogens (tertiary/aromatic N) is 1. The molecule has 0 aromatic carbocycles. The molecule has 82 valence electrons. The Morgan fingerprint density at radius 2 is 2.13 bits per heavy atom. The van der Waals surface area contributed by atoms with Crippen LogP contribution in [0, 0.1) is 0 Å². The molecule has 0 aliphatic carbocycles. The van der Waals surface area contributed by atoms with Gasteiger partial charge in [0.15, 0.2) is 9.84 Å². The average molecular weight is 228 g/mol. The number of primary amides is 1. The van der Waals surface area contributed by atoms with Gasteiger partial charge in [0.25, 0.3) is 0 Å². The molecule has 1 aromatic heterocycles. The van der Waals surface area contributed by atoms with Crippen molar-refractivity contribution in [1.82, 2.24) is 4.98 Å². The molecule has 0 unspecified atom stereocenters. The summed E-state index contributed by atoms with van der Waals surface area (Å²) in [5.74, 6) is -0.399. The van der Waals surface area contributed by atoms with Crippen LogP contribution >= 0.6 is 0 Å². The highest BCUT2D eigenvalue weighted by Crippen LogP contribution is 2.08. The van der Waals surface area contributed by atoms with Crippen LogP contribution in [0.25, 0.3) is 0 Å². The van der Waals surface area contributed by atoms with E-state index in [1.807, 2.05) is 0 Å². The minimum absolute atomic E-state index is 0.172. The molecule has 0 spiro atoms. The smallest absolute Gasteiger partial charge is 0.217 e. The van der Waals surface area contributed by atoms with E-state index in [9.17, 15) is 13.2 Å². The first-order valence-corrected chi connectivity index (χ1v) is 6.22. The molecule has 0 aliphatic rings. The number of carbonyl (C=O) groups excluding carboxylic acids is 1. The summed E-state index contributed by atoms with van der Waals surface area (Å²) in [6, 6.07) is 3.05. The molecule has 0 saturated heterocycles. The number of hydrogen-bond acceptors (Lipinski definition) is 4. The lowest BCUT2D eigenvalue weighted by molar-refractivity contribution is -0.118. The van der Waals surface area contributed by atoms with Crippen LogP contribution in [0.1, 0.15) is 12.1 Å². The van der Waals surface area contributed by atoms with Crippen LogP contribution in [0.2, 0.25) is 0 Å². The standard InChI is InChI=1S/C9H12N2O3S/c1-15(13,14)8-4-2-7(11-6-8)3-5-9(10)12/h2,4,6H,3,5H2,1H3,(H2,10,12). The molecular formula is C9H12N2O3S. The summed E-state index contributed by atoms with van der Waals surface area (Å²) < 4.78 is 22.2. The highest BCUT2D eigenvalue weighted by molar-refractivity contribution is 7.90. The van der Waals surface area contributed by atoms with Crippen molar-refractivity contribution in [2.24, 2.45) is 5.73 Å². The van der Waals surface area contributed by atoms with Gasteiger partial charge in [0.1, 0.15) is 0 Å². The van der Waals surface area contributed by atoms with Crippen LogP contribution < -0.4 is 5.73 Å². The normalized spacial score (nSPS) is 11.3. The summed E-state index contributed by atoms with van der Waals surface area (Å²) in [6.45, 7) is 0. The van der Waals surface area contributed by atoms with Crippen molar-refractivity contribution < 1.29 is 13.2 Å². The minimum Gasteiger partial charge on any atom is -0.370 e. The van der Waals surface area contributed by atoms with Crippen molar-refractivity contribution in [3.8, 4) is 0 Å². The maximum Gasteiger partial charge on any atom is 0.217 e. The van der Waals surface area contributed by atoms with E-state index >= 15 is 0 Å². The van der Waals surface area contributed by atoms with E-state index in [0.29, 0.717) is 12.1 Å². The number of rotatable bonds is 4. The zero-order valence-electron chi connectivity index (χ0n) is 8.30. The number of nitrogens with two attached hydrogens (primary N) is 1. The number of carbonyl (C=O) groups is 1. The Hall–Kier alpha value is -1.43. The van der Waals surface area contributed by atoms with E-state index in [1.165, 1.54) is 12.3 Å². The molecule has 1 heterocycles. The Morgan fingerprint density at radius 3 is 2.53 bits per heavy atom. The molecule has 2 N–H and O–H groups in total. The van der Waals surface area contributed by atoms with Crippen LogP contribution in [-0.2, 0) is 21.1 Å². The Kier molecular flexibility index (Phi) is 3.41. The van der Waals surface area contributed by atoms with E-state index in [1.54, 1.807) is 6.07 Å². The second kappa shape index (κ2) is 4.39. The number of sulfone groups is 1. The minimum atomic E-state index is -3.20. The van der Waals surface area contributed by atoms with Gasteiger partial charge in [-0.2, -0.15) is 0 Å². The fourth-order valence-corrected chi connectivity index (χ4v) is 1.59. The van der Waals surface area contributed by atoms with Gasteiger partial charge < -0.3 is 5.73 Å². The third kappa shape index (κ3) is 3.67. The van der Waals surface area contributed by atoms with Crippen LogP contribution in [0.3, 0.4) is 0 Å². The molecule has 0 bridgehead atoms. The van der Waals surface area contributed by atoms with Crippen molar-refractivity contribution in [1.29, 1.82) is 0 Å². The van der Waals surface area contributed by atoms with Gasteiger partial charge in [-0.05, 0) is 18.6 Å². The van der Waals surface area contributed by atoms with Crippen molar-refractivity contribution in [2.75, 3.05) is 6.26 Å². The molecule has 0 fully saturated rings. The van der Waals surface area contributed by atoms with Crippen LogP contribution in [-0.4, -0.2) is 25.6 Å². The van der Waals surface area contributed by atoms with Gasteiger partial charge in [0.2, 0.25) is 5.91 Å². The largest absolute Gasteiger partial charge is 0.370 e. The lowest BCUT2D eigenvalue weighted by Gasteiger charge is -2.00. The Labute approximate surface area is 88.2 Å². The van der Waals surface area contributed by atoms with Crippen molar-refractivity contribution >= 4 is 15.7 Å². The van der Waals surface area contributed by atoms with Gasteiger partial charge in [-0.25, -0.2) is 8.42 Å². The lowest BCUT2D eigenvalue weighted by Crippen LogP contribution is -2.11. The van der Waals surface area contributed by atoms with Crippen molar-refractivity contribution in [3.63, 3.8) is 0 Å². The Balaban J connectivity index is 2.77. The quantitative estimate of drug-likeness (QED) is 0.779. The molecule has 1 rings (SSSR count). The summed E-state index contributed by atoms with van der Waals surface area (Å²) in [7, 11) is -3.20. The fourth-order valence-electron chi connectivity index (χ4n) is 1.03. The molecule has 0 saturated carbocycles. The molecule has 0 radical (unpaired) electrons. The lowest BCUT2D eigenvalue weighted by atomic mass is 10.2. The van der Waals surface area contributed by atoms with Gasteiger partial charge in [-0.3, -0.25) is 9.78 Å². The molecule has 0 aliphatic heterocycles. The average Bonchev–Trinajstić information content (AvgIpc) is 2.14. The molecule has 0 atom stereocenters. The van der Waals surface area contributed by atoms with E-state index in [4.69, 9.17) is 5.73 Å². The number of aryl methyl sites for hydroxylation is 1. The maximum atomic E-state index is 11.1. The fraction of sp³-hybridized carbons (Fsp3) is 0.333. The maximum absolute atomic E-state index is 11.1. The van der Waals surface area contributed by atoms with Gasteiger partial charge >= 0.3 is 0 Å². The predicted molar refractivity (Wildman–Crippen MR) is 54.9 cm³/mol. The summed E-state index contributed by atoms with van der Waals surface area (Å²) in [6.07, 6.45) is 3.04. The van der Waals surface area contributed by atoms with Crippen molar-refractivity contribution in [2.45, 2.75) is 17.7 Å². The van der Waals surface area contributed by atoms with E-state index in [2.05, 4.69) is 4.98 Å². The van der Waals surface area contributed by atoms with Crippen LogP contribution in [0.15, 0.2) is 23.2 Å². The number of amides is 1. The number of hydrogen-bond donors (Lipinski definition) is 1. The topological polar surface area (TPSA) is 90.1 Å². The van der Waals surface area contributed by atoms with Gasteiger partial charge in [0, 0.05) is 24.6 Å². The van der Waals surface area contributed by atoms with E-state index in [-0.39, 0.29) is 11.3 Å². The predicted octanol–water partition coefficient (Wildman–Crippen LogP) is -0.0970. The molecule has 6 heteroatoms. The zero-order chi connectivity index (χ0) is 11.5.